The Morgan fingerprint density at radius 2 is 2.42 bits per heavy atom. The maximum atomic E-state index is 11.3. The minimum Gasteiger partial charge on any atom is -0.481 e. The highest BCUT2D eigenvalue weighted by Gasteiger charge is 2.39. The van der Waals surface area contributed by atoms with Crippen molar-refractivity contribution in [3.63, 3.8) is 0 Å². The molecule has 1 aliphatic rings. The molecule has 6 heteroatoms. The minimum atomic E-state index is -0.711. The summed E-state index contributed by atoms with van der Waals surface area (Å²) in [6, 6.07) is 0. The summed E-state index contributed by atoms with van der Waals surface area (Å²) in [6.07, 6.45) is 3.69. The van der Waals surface area contributed by atoms with Crippen molar-refractivity contribution >= 4 is 28.9 Å². The van der Waals surface area contributed by atoms with Crippen LogP contribution in [0.3, 0.4) is 0 Å². The summed E-state index contributed by atoms with van der Waals surface area (Å²) in [7, 11) is 0. The topological polar surface area (TPSA) is 53.4 Å². The Morgan fingerprint density at radius 1 is 1.68 bits per heavy atom. The van der Waals surface area contributed by atoms with Crippen molar-refractivity contribution in [2.75, 3.05) is 13.1 Å². The predicted octanol–water partition coefficient (Wildman–Crippen LogP) is 3.12. The monoisotopic (exact) mass is 302 g/mol. The lowest BCUT2D eigenvalue weighted by Crippen LogP contribution is -2.44. The second kappa shape index (κ2) is 5.77. The van der Waals surface area contributed by atoms with Crippen LogP contribution < -0.4 is 0 Å². The van der Waals surface area contributed by atoms with Gasteiger partial charge < -0.3 is 5.11 Å². The molecule has 0 aliphatic carbocycles. The van der Waals surface area contributed by atoms with Crippen LogP contribution in [0.4, 0.5) is 0 Å². The molecule has 0 spiro atoms. The van der Waals surface area contributed by atoms with Gasteiger partial charge in [0.05, 0.1) is 18.2 Å². The first-order valence-electron chi connectivity index (χ1n) is 6.45. The van der Waals surface area contributed by atoms with E-state index in [1.165, 1.54) is 11.3 Å². The van der Waals surface area contributed by atoms with Gasteiger partial charge in [-0.2, -0.15) is 0 Å². The van der Waals surface area contributed by atoms with E-state index in [1.807, 2.05) is 13.8 Å². The molecule has 1 unspecified atom stereocenters. The molecule has 2 rings (SSSR count). The molecular formula is C13H19ClN2O2S. The second-order valence-electron chi connectivity index (χ2n) is 5.66. The van der Waals surface area contributed by atoms with Crippen molar-refractivity contribution in [2.24, 2.45) is 11.3 Å². The Kier molecular flexibility index (Phi) is 4.48. The van der Waals surface area contributed by atoms with Crippen LogP contribution in [0.25, 0.3) is 0 Å². The van der Waals surface area contributed by atoms with Crippen molar-refractivity contribution in [1.29, 1.82) is 0 Å². The number of halogens is 1. The van der Waals surface area contributed by atoms with Gasteiger partial charge in [-0.3, -0.25) is 9.69 Å². The molecule has 1 fully saturated rings. The summed E-state index contributed by atoms with van der Waals surface area (Å²) in [6.45, 7) is 6.23. The quantitative estimate of drug-likeness (QED) is 0.928. The molecule has 1 aromatic heterocycles. The van der Waals surface area contributed by atoms with Crippen LogP contribution in [0.2, 0.25) is 4.34 Å². The third kappa shape index (κ3) is 3.46. The molecule has 1 atom stereocenters. The minimum absolute atomic E-state index is 0.189. The molecule has 0 bridgehead atoms. The maximum absolute atomic E-state index is 11.3. The smallest absolute Gasteiger partial charge is 0.309 e. The van der Waals surface area contributed by atoms with Gasteiger partial charge >= 0.3 is 5.97 Å². The molecule has 1 aromatic rings. The van der Waals surface area contributed by atoms with Gasteiger partial charge in [0.15, 0.2) is 0 Å². The Hall–Kier alpha value is -0.650. The number of rotatable bonds is 4. The first-order chi connectivity index (χ1) is 8.89. The van der Waals surface area contributed by atoms with Gasteiger partial charge in [-0.1, -0.05) is 11.6 Å². The number of likely N-dealkylation sites (tertiary alicyclic amines) is 1. The van der Waals surface area contributed by atoms with Gasteiger partial charge in [0, 0.05) is 6.54 Å². The van der Waals surface area contributed by atoms with Gasteiger partial charge in [-0.05, 0) is 39.2 Å². The van der Waals surface area contributed by atoms with E-state index >= 15 is 0 Å². The first kappa shape index (κ1) is 14.8. The molecule has 2 heterocycles. The lowest BCUT2D eigenvalue weighted by molar-refractivity contribution is -0.151. The van der Waals surface area contributed by atoms with Crippen molar-refractivity contribution in [3.05, 3.63) is 15.5 Å². The summed E-state index contributed by atoms with van der Waals surface area (Å²) in [5.74, 6) is -0.522. The molecule has 19 heavy (non-hydrogen) atoms. The largest absolute Gasteiger partial charge is 0.481 e. The normalized spacial score (nSPS) is 21.5. The molecule has 106 valence electrons. The van der Waals surface area contributed by atoms with Crippen LogP contribution in [-0.4, -0.2) is 34.0 Å². The average Bonchev–Trinajstić information content (AvgIpc) is 2.75. The molecule has 0 aromatic carbocycles. The van der Waals surface area contributed by atoms with E-state index in [2.05, 4.69) is 9.88 Å². The number of piperidine rings is 1. The molecule has 1 aliphatic heterocycles. The van der Waals surface area contributed by atoms with E-state index in [1.54, 1.807) is 6.20 Å². The van der Waals surface area contributed by atoms with Gasteiger partial charge in [-0.25, -0.2) is 4.98 Å². The molecular weight excluding hydrogens is 284 g/mol. The van der Waals surface area contributed by atoms with E-state index in [-0.39, 0.29) is 5.92 Å². The third-order valence-electron chi connectivity index (χ3n) is 3.96. The number of aromatic nitrogens is 1. The number of carbonyl (C=O) groups is 1. The molecule has 0 radical (unpaired) electrons. The fraction of sp³-hybridized carbons (Fsp3) is 0.692. The molecule has 1 N–H and O–H groups in total. The molecule has 0 saturated carbocycles. The SMILES string of the molecule is CC(C)(C(=O)O)C1CCCN(Cc2ncc(Cl)s2)C1. The first-order valence-corrected chi connectivity index (χ1v) is 7.65. The molecule has 0 amide bonds. The highest BCUT2D eigenvalue weighted by Crippen LogP contribution is 2.34. The number of carboxylic acid groups (broad SMARTS) is 1. The van der Waals surface area contributed by atoms with Crippen LogP contribution in [-0.2, 0) is 11.3 Å². The Morgan fingerprint density at radius 3 is 3.00 bits per heavy atom. The number of carboxylic acids is 1. The van der Waals surface area contributed by atoms with Crippen LogP contribution >= 0.6 is 22.9 Å². The second-order valence-corrected chi connectivity index (χ2v) is 7.41. The van der Waals surface area contributed by atoms with E-state index < -0.39 is 11.4 Å². The fourth-order valence-electron chi connectivity index (χ4n) is 2.52. The van der Waals surface area contributed by atoms with Gasteiger partial charge in [0.1, 0.15) is 9.34 Å². The maximum Gasteiger partial charge on any atom is 0.309 e. The molecule has 1 saturated heterocycles. The van der Waals surface area contributed by atoms with E-state index in [0.29, 0.717) is 4.34 Å². The zero-order chi connectivity index (χ0) is 14.0. The standard InChI is InChI=1S/C13H19ClN2O2S/c1-13(2,12(17)18)9-4-3-5-16(7-9)8-11-15-6-10(14)19-11/h6,9H,3-5,7-8H2,1-2H3,(H,17,18). The summed E-state index contributed by atoms with van der Waals surface area (Å²) in [5, 5.41) is 10.3. The van der Waals surface area contributed by atoms with Crippen molar-refractivity contribution in [1.82, 2.24) is 9.88 Å². The summed E-state index contributed by atoms with van der Waals surface area (Å²) >= 11 is 7.37. The van der Waals surface area contributed by atoms with Crippen LogP contribution in [0.5, 0.6) is 0 Å². The number of nitrogens with zero attached hydrogens (tertiary/aromatic N) is 2. The number of thiazole rings is 1. The Balaban J connectivity index is 1.99. The summed E-state index contributed by atoms with van der Waals surface area (Å²) in [4.78, 5) is 17.9. The van der Waals surface area contributed by atoms with Crippen LogP contribution in [0, 0.1) is 11.3 Å². The van der Waals surface area contributed by atoms with Crippen molar-refractivity contribution < 1.29 is 9.90 Å². The van der Waals surface area contributed by atoms with Crippen LogP contribution in [0.1, 0.15) is 31.7 Å². The summed E-state index contributed by atoms with van der Waals surface area (Å²) in [5.41, 5.74) is -0.667. The lowest BCUT2D eigenvalue weighted by atomic mass is 9.74. The van der Waals surface area contributed by atoms with E-state index in [4.69, 9.17) is 11.6 Å². The van der Waals surface area contributed by atoms with E-state index in [9.17, 15) is 9.90 Å². The zero-order valence-electron chi connectivity index (χ0n) is 11.2. The average molecular weight is 303 g/mol. The number of aliphatic carboxylic acids is 1. The lowest BCUT2D eigenvalue weighted by Gasteiger charge is -2.38. The van der Waals surface area contributed by atoms with Gasteiger partial charge in [-0.15, -0.1) is 11.3 Å². The highest BCUT2D eigenvalue weighted by molar-refractivity contribution is 7.15. The van der Waals surface area contributed by atoms with Crippen LogP contribution in [0.15, 0.2) is 6.20 Å². The van der Waals surface area contributed by atoms with E-state index in [0.717, 1.165) is 37.5 Å². The fourth-order valence-corrected chi connectivity index (χ4v) is 3.51. The number of hydrogen-bond acceptors (Lipinski definition) is 4. The predicted molar refractivity (Wildman–Crippen MR) is 76.5 cm³/mol. The molecule has 4 nitrogen and oxygen atoms in total. The number of hydrogen-bond donors (Lipinski definition) is 1. The zero-order valence-corrected chi connectivity index (χ0v) is 12.8. The Bertz CT molecular complexity index is 461. The third-order valence-corrected chi connectivity index (χ3v) is 5.06. The highest BCUT2D eigenvalue weighted by atomic mass is 35.5. The van der Waals surface area contributed by atoms with Gasteiger partial charge in [0.25, 0.3) is 0 Å². The summed E-state index contributed by atoms with van der Waals surface area (Å²) < 4.78 is 0.703. The van der Waals surface area contributed by atoms with Crippen molar-refractivity contribution in [2.45, 2.75) is 33.2 Å². The van der Waals surface area contributed by atoms with Gasteiger partial charge in [0.2, 0.25) is 0 Å². The Labute approximate surface area is 122 Å². The van der Waals surface area contributed by atoms with Crippen molar-refractivity contribution in [3.8, 4) is 0 Å².